The first kappa shape index (κ1) is 9.81. The molecule has 1 N–H and O–H groups in total. The van der Waals surface area contributed by atoms with Gasteiger partial charge in [-0.25, -0.2) is 0 Å². The number of rotatable bonds is 1. The molecule has 1 heterocycles. The lowest BCUT2D eigenvalue weighted by Gasteiger charge is -2.09. The lowest BCUT2D eigenvalue weighted by atomic mass is 9.98. The van der Waals surface area contributed by atoms with Gasteiger partial charge in [0, 0.05) is 28.9 Å². The minimum absolute atomic E-state index is 0.0843. The highest BCUT2D eigenvalue weighted by atomic mass is 35.5. The average molecular weight is 230 g/mol. The number of hydrogen-bond donors (Lipinski definition) is 1. The van der Waals surface area contributed by atoms with Gasteiger partial charge in [0.2, 0.25) is 5.91 Å². The zero-order valence-electron chi connectivity index (χ0n) is 7.39. The summed E-state index contributed by atoms with van der Waals surface area (Å²) in [7, 11) is 0. The first-order valence-electron chi connectivity index (χ1n) is 4.38. The van der Waals surface area contributed by atoms with Crippen molar-refractivity contribution in [1.82, 2.24) is 5.32 Å². The van der Waals surface area contributed by atoms with E-state index in [4.69, 9.17) is 23.2 Å². The summed E-state index contributed by atoms with van der Waals surface area (Å²) in [5, 5.41) is 4.04. The van der Waals surface area contributed by atoms with Gasteiger partial charge in [-0.15, -0.1) is 0 Å². The molecule has 14 heavy (non-hydrogen) atoms. The number of halogens is 2. The van der Waals surface area contributed by atoms with Crippen molar-refractivity contribution in [3.63, 3.8) is 0 Å². The maximum atomic E-state index is 11.0. The fraction of sp³-hybridized carbons (Fsp3) is 0.300. The Balaban J connectivity index is 2.28. The molecule has 1 aliphatic rings. The maximum Gasteiger partial charge on any atom is 0.220 e. The van der Waals surface area contributed by atoms with Crippen LogP contribution in [0.3, 0.4) is 0 Å². The minimum atomic E-state index is 0.0843. The van der Waals surface area contributed by atoms with E-state index in [0.717, 1.165) is 5.56 Å². The van der Waals surface area contributed by atoms with Gasteiger partial charge in [0.05, 0.1) is 0 Å². The van der Waals surface area contributed by atoms with E-state index >= 15 is 0 Å². The summed E-state index contributed by atoms with van der Waals surface area (Å²) in [6.45, 7) is 0.667. The summed E-state index contributed by atoms with van der Waals surface area (Å²) in [5.74, 6) is 0.272. The van der Waals surface area contributed by atoms with E-state index in [-0.39, 0.29) is 11.8 Å². The Morgan fingerprint density at radius 3 is 2.71 bits per heavy atom. The predicted octanol–water partition coefficient (Wildman–Crippen LogP) is 2.60. The van der Waals surface area contributed by atoms with Crippen molar-refractivity contribution < 1.29 is 4.79 Å². The monoisotopic (exact) mass is 229 g/mol. The van der Waals surface area contributed by atoms with Gasteiger partial charge in [-0.1, -0.05) is 29.3 Å². The van der Waals surface area contributed by atoms with Gasteiger partial charge in [-0.3, -0.25) is 4.79 Å². The van der Waals surface area contributed by atoms with Gasteiger partial charge in [0.25, 0.3) is 0 Å². The van der Waals surface area contributed by atoms with E-state index in [9.17, 15) is 4.79 Å². The highest BCUT2D eigenvalue weighted by Gasteiger charge is 2.24. The van der Waals surface area contributed by atoms with E-state index in [2.05, 4.69) is 5.32 Å². The Morgan fingerprint density at radius 1 is 1.36 bits per heavy atom. The molecule has 4 heteroatoms. The van der Waals surface area contributed by atoms with E-state index in [1.807, 2.05) is 6.07 Å². The van der Waals surface area contributed by atoms with Crippen LogP contribution in [0, 0.1) is 0 Å². The fourth-order valence-electron chi connectivity index (χ4n) is 1.66. The quantitative estimate of drug-likeness (QED) is 0.789. The fourth-order valence-corrected chi connectivity index (χ4v) is 2.22. The molecule has 2 nitrogen and oxygen atoms in total. The maximum absolute atomic E-state index is 11.0. The molecule has 74 valence electrons. The molecule has 1 aromatic rings. The number of nitrogens with one attached hydrogen (secondary N) is 1. The molecule has 1 unspecified atom stereocenters. The van der Waals surface area contributed by atoms with Crippen LogP contribution >= 0.6 is 23.2 Å². The molecule has 0 saturated carbocycles. The average Bonchev–Trinajstić information content (AvgIpc) is 2.51. The first-order valence-corrected chi connectivity index (χ1v) is 5.14. The summed E-state index contributed by atoms with van der Waals surface area (Å²) in [4.78, 5) is 11.0. The van der Waals surface area contributed by atoms with E-state index in [0.29, 0.717) is 23.0 Å². The topological polar surface area (TPSA) is 29.1 Å². The van der Waals surface area contributed by atoms with Gasteiger partial charge >= 0.3 is 0 Å². The van der Waals surface area contributed by atoms with Crippen LogP contribution in [-0.2, 0) is 4.79 Å². The molecule has 0 bridgehead atoms. The Hall–Kier alpha value is -0.730. The van der Waals surface area contributed by atoms with Gasteiger partial charge in [0.1, 0.15) is 0 Å². The second-order valence-electron chi connectivity index (χ2n) is 3.37. The summed E-state index contributed by atoms with van der Waals surface area (Å²) in [6.07, 6.45) is 0.515. The lowest BCUT2D eigenvalue weighted by molar-refractivity contribution is -0.119. The van der Waals surface area contributed by atoms with E-state index < -0.39 is 0 Å². The molecule has 1 saturated heterocycles. The van der Waals surface area contributed by atoms with Gasteiger partial charge < -0.3 is 5.32 Å². The highest BCUT2D eigenvalue weighted by Crippen LogP contribution is 2.31. The van der Waals surface area contributed by atoms with Crippen LogP contribution in [0.1, 0.15) is 17.9 Å². The van der Waals surface area contributed by atoms with Crippen molar-refractivity contribution in [2.24, 2.45) is 0 Å². The van der Waals surface area contributed by atoms with Crippen molar-refractivity contribution in [1.29, 1.82) is 0 Å². The molecule has 1 aliphatic heterocycles. The number of carbonyl (C=O) groups is 1. The molecule has 0 spiro atoms. The molecule has 2 rings (SSSR count). The third-order valence-corrected chi connectivity index (χ3v) is 2.94. The normalized spacial score (nSPS) is 21.0. The summed E-state index contributed by atoms with van der Waals surface area (Å²) < 4.78 is 0. The van der Waals surface area contributed by atoms with Crippen LogP contribution < -0.4 is 5.32 Å². The van der Waals surface area contributed by atoms with E-state index in [1.165, 1.54) is 0 Å². The molecule has 1 amide bonds. The van der Waals surface area contributed by atoms with Gasteiger partial charge in [-0.05, 0) is 17.7 Å². The number of benzene rings is 1. The highest BCUT2D eigenvalue weighted by molar-refractivity contribution is 6.35. The first-order chi connectivity index (χ1) is 6.66. The third-order valence-electron chi connectivity index (χ3n) is 2.38. The number of carbonyl (C=O) groups excluding carboxylic acids is 1. The zero-order valence-corrected chi connectivity index (χ0v) is 8.90. The molecule has 0 radical (unpaired) electrons. The molecule has 0 aliphatic carbocycles. The largest absolute Gasteiger partial charge is 0.355 e. The Kier molecular flexibility index (Phi) is 2.66. The molecule has 1 aromatic carbocycles. The van der Waals surface area contributed by atoms with Crippen LogP contribution in [0.5, 0.6) is 0 Å². The van der Waals surface area contributed by atoms with Crippen molar-refractivity contribution in [2.75, 3.05) is 6.54 Å². The van der Waals surface area contributed by atoms with Crippen LogP contribution in [0.25, 0.3) is 0 Å². The second-order valence-corrected chi connectivity index (χ2v) is 4.21. The molecular formula is C10H9Cl2NO. The Morgan fingerprint density at radius 2 is 2.14 bits per heavy atom. The van der Waals surface area contributed by atoms with Crippen LogP contribution in [0.4, 0.5) is 0 Å². The SMILES string of the molecule is O=C1CC(c2ccc(Cl)cc2Cl)CN1. The predicted molar refractivity (Wildman–Crippen MR) is 56.8 cm³/mol. The summed E-state index contributed by atoms with van der Waals surface area (Å²) >= 11 is 11.8. The van der Waals surface area contributed by atoms with Crippen molar-refractivity contribution in [3.05, 3.63) is 33.8 Å². The number of amides is 1. The van der Waals surface area contributed by atoms with Gasteiger partial charge in [-0.2, -0.15) is 0 Å². The second kappa shape index (κ2) is 3.79. The van der Waals surface area contributed by atoms with Crippen LogP contribution in [0.15, 0.2) is 18.2 Å². The molecule has 1 atom stereocenters. The zero-order chi connectivity index (χ0) is 10.1. The van der Waals surface area contributed by atoms with Crippen molar-refractivity contribution in [2.45, 2.75) is 12.3 Å². The van der Waals surface area contributed by atoms with Crippen LogP contribution in [0.2, 0.25) is 10.0 Å². The summed E-state index contributed by atoms with van der Waals surface area (Å²) in [5.41, 5.74) is 0.995. The van der Waals surface area contributed by atoms with Gasteiger partial charge in [0.15, 0.2) is 0 Å². The van der Waals surface area contributed by atoms with Crippen molar-refractivity contribution in [3.8, 4) is 0 Å². The van der Waals surface area contributed by atoms with E-state index in [1.54, 1.807) is 12.1 Å². The Bertz CT molecular complexity index is 378. The van der Waals surface area contributed by atoms with Crippen molar-refractivity contribution >= 4 is 29.1 Å². The molecular weight excluding hydrogens is 221 g/mol. The third kappa shape index (κ3) is 1.86. The lowest BCUT2D eigenvalue weighted by Crippen LogP contribution is -2.13. The van der Waals surface area contributed by atoms with Crippen LogP contribution in [-0.4, -0.2) is 12.5 Å². The molecule has 0 aromatic heterocycles. The number of hydrogen-bond acceptors (Lipinski definition) is 1. The standard InChI is InChI=1S/C10H9Cl2NO/c11-7-1-2-8(9(12)4-7)6-3-10(14)13-5-6/h1-2,4,6H,3,5H2,(H,13,14). The minimum Gasteiger partial charge on any atom is -0.355 e. The summed E-state index contributed by atoms with van der Waals surface area (Å²) in [6, 6.07) is 5.39. The smallest absolute Gasteiger partial charge is 0.220 e. The molecule has 1 fully saturated rings. The Labute approximate surface area is 92.2 Å².